The second-order valence-corrected chi connectivity index (χ2v) is 3.13. The third-order valence-corrected chi connectivity index (χ3v) is 2.33. The number of benzene rings is 1. The molecule has 0 aliphatic heterocycles. The lowest BCUT2D eigenvalue weighted by atomic mass is 10.2. The molecule has 0 saturated heterocycles. The summed E-state index contributed by atoms with van der Waals surface area (Å²) in [5.74, 6) is 5.29. The van der Waals surface area contributed by atoms with Gasteiger partial charge < -0.3 is 4.57 Å². The van der Waals surface area contributed by atoms with E-state index in [1.165, 1.54) is 16.6 Å². The van der Waals surface area contributed by atoms with Crippen molar-refractivity contribution in [1.29, 1.82) is 0 Å². The zero-order valence-electron chi connectivity index (χ0n) is 7.62. The highest BCUT2D eigenvalue weighted by Crippen LogP contribution is 2.17. The van der Waals surface area contributed by atoms with Gasteiger partial charge in [0.15, 0.2) is 0 Å². The molecule has 1 aromatic heterocycles. The van der Waals surface area contributed by atoms with Crippen molar-refractivity contribution in [3.05, 3.63) is 36.0 Å². The Balaban J connectivity index is 2.60. The van der Waals surface area contributed by atoms with E-state index in [-0.39, 0.29) is 0 Å². The van der Waals surface area contributed by atoms with Gasteiger partial charge in [-0.15, -0.1) is 0 Å². The maximum atomic E-state index is 5.29. The van der Waals surface area contributed by atoms with Crippen LogP contribution in [-0.4, -0.2) is 4.57 Å². The lowest BCUT2D eigenvalue weighted by Gasteiger charge is -2.01. The smallest absolute Gasteiger partial charge is 0.0502 e. The topological polar surface area (TPSA) is 43.0 Å². The fraction of sp³-hybridized carbons (Fsp3) is 0.200. The van der Waals surface area contributed by atoms with Gasteiger partial charge in [-0.2, -0.15) is 0 Å². The molecule has 0 spiro atoms. The molecule has 0 amide bonds. The van der Waals surface area contributed by atoms with Gasteiger partial charge in [0.1, 0.15) is 0 Å². The molecule has 0 unspecified atom stereocenters. The molecule has 0 aliphatic rings. The van der Waals surface area contributed by atoms with E-state index < -0.39 is 0 Å². The standard InChI is InChI=1S/C10H13N3/c1-13-9(7-12-11)6-8-4-2-3-5-10(8)13/h2-6,12H,7,11H2,1H3. The van der Waals surface area contributed by atoms with E-state index in [1.807, 2.05) is 12.1 Å². The molecular weight excluding hydrogens is 162 g/mol. The second-order valence-electron chi connectivity index (χ2n) is 3.13. The van der Waals surface area contributed by atoms with Crippen LogP contribution in [0.4, 0.5) is 0 Å². The molecule has 0 fully saturated rings. The van der Waals surface area contributed by atoms with E-state index >= 15 is 0 Å². The van der Waals surface area contributed by atoms with Crippen LogP contribution in [0.25, 0.3) is 10.9 Å². The highest BCUT2D eigenvalue weighted by molar-refractivity contribution is 5.81. The van der Waals surface area contributed by atoms with E-state index in [4.69, 9.17) is 5.84 Å². The van der Waals surface area contributed by atoms with Crippen LogP contribution >= 0.6 is 0 Å². The first-order chi connectivity index (χ1) is 6.33. The predicted octanol–water partition coefficient (Wildman–Crippen LogP) is 1.14. The van der Waals surface area contributed by atoms with Gasteiger partial charge in [0.2, 0.25) is 0 Å². The van der Waals surface area contributed by atoms with Gasteiger partial charge >= 0.3 is 0 Å². The van der Waals surface area contributed by atoms with Gasteiger partial charge in [0, 0.05) is 18.3 Å². The largest absolute Gasteiger partial charge is 0.346 e. The van der Waals surface area contributed by atoms with Crippen molar-refractivity contribution >= 4 is 10.9 Å². The number of nitrogens with one attached hydrogen (secondary N) is 1. The van der Waals surface area contributed by atoms with Gasteiger partial charge in [-0.25, -0.2) is 0 Å². The number of para-hydroxylation sites is 1. The summed E-state index contributed by atoms with van der Waals surface area (Å²) < 4.78 is 2.15. The summed E-state index contributed by atoms with van der Waals surface area (Å²) in [4.78, 5) is 0. The summed E-state index contributed by atoms with van der Waals surface area (Å²) in [5, 5.41) is 1.26. The van der Waals surface area contributed by atoms with Crippen LogP contribution < -0.4 is 11.3 Å². The molecule has 0 saturated carbocycles. The molecule has 0 atom stereocenters. The Morgan fingerprint density at radius 2 is 2.15 bits per heavy atom. The third kappa shape index (κ3) is 1.32. The van der Waals surface area contributed by atoms with Crippen LogP contribution in [-0.2, 0) is 13.6 Å². The lowest BCUT2D eigenvalue weighted by Crippen LogP contribution is -2.22. The maximum Gasteiger partial charge on any atom is 0.0502 e. The Morgan fingerprint density at radius 1 is 1.38 bits per heavy atom. The molecule has 1 heterocycles. The quantitative estimate of drug-likeness (QED) is 0.531. The molecule has 1 aromatic carbocycles. The summed E-state index contributed by atoms with van der Waals surface area (Å²) >= 11 is 0. The SMILES string of the molecule is Cn1c(CNN)cc2ccccc21. The zero-order chi connectivity index (χ0) is 9.26. The maximum absolute atomic E-state index is 5.29. The monoisotopic (exact) mass is 175 g/mol. The van der Waals surface area contributed by atoms with Gasteiger partial charge in [0.25, 0.3) is 0 Å². The molecule has 2 aromatic rings. The van der Waals surface area contributed by atoms with Crippen LogP contribution in [0.2, 0.25) is 0 Å². The van der Waals surface area contributed by atoms with Gasteiger partial charge in [-0.3, -0.25) is 11.3 Å². The molecule has 13 heavy (non-hydrogen) atoms. The normalized spacial score (nSPS) is 10.9. The van der Waals surface area contributed by atoms with Crippen molar-refractivity contribution in [1.82, 2.24) is 9.99 Å². The Bertz CT molecular complexity index is 417. The van der Waals surface area contributed by atoms with Crippen molar-refractivity contribution in [3.8, 4) is 0 Å². The molecule has 2 rings (SSSR count). The highest BCUT2D eigenvalue weighted by Gasteiger charge is 2.02. The number of hydrazine groups is 1. The lowest BCUT2D eigenvalue weighted by molar-refractivity contribution is 0.694. The number of aromatic nitrogens is 1. The fourth-order valence-corrected chi connectivity index (χ4v) is 1.62. The van der Waals surface area contributed by atoms with Crippen molar-refractivity contribution in [2.45, 2.75) is 6.54 Å². The highest BCUT2D eigenvalue weighted by atomic mass is 15.2. The van der Waals surface area contributed by atoms with Gasteiger partial charge in [0.05, 0.1) is 6.54 Å². The molecule has 3 heteroatoms. The summed E-state index contributed by atoms with van der Waals surface area (Å²) in [5.41, 5.74) is 5.11. The molecule has 0 aliphatic carbocycles. The van der Waals surface area contributed by atoms with Crippen molar-refractivity contribution < 1.29 is 0 Å². The van der Waals surface area contributed by atoms with Crippen LogP contribution in [0, 0.1) is 0 Å². The number of rotatable bonds is 2. The molecule has 3 nitrogen and oxygen atoms in total. The number of hydrogen-bond acceptors (Lipinski definition) is 2. The minimum absolute atomic E-state index is 0.700. The van der Waals surface area contributed by atoms with Crippen LogP contribution in [0.15, 0.2) is 30.3 Å². The number of aryl methyl sites for hydroxylation is 1. The fourth-order valence-electron chi connectivity index (χ4n) is 1.62. The summed E-state index contributed by atoms with van der Waals surface area (Å²) in [6.07, 6.45) is 0. The van der Waals surface area contributed by atoms with Gasteiger partial charge in [-0.05, 0) is 17.5 Å². The van der Waals surface area contributed by atoms with Gasteiger partial charge in [-0.1, -0.05) is 18.2 Å². The average molecular weight is 175 g/mol. The Labute approximate surface area is 77.1 Å². The van der Waals surface area contributed by atoms with E-state index in [2.05, 4.69) is 35.2 Å². The Kier molecular flexibility index (Phi) is 2.04. The second kappa shape index (κ2) is 3.20. The third-order valence-electron chi connectivity index (χ3n) is 2.33. The van der Waals surface area contributed by atoms with E-state index in [1.54, 1.807) is 0 Å². The van der Waals surface area contributed by atoms with E-state index in [9.17, 15) is 0 Å². The predicted molar refractivity (Wildman–Crippen MR) is 53.9 cm³/mol. The molecule has 0 bridgehead atoms. The van der Waals surface area contributed by atoms with Crippen molar-refractivity contribution in [2.24, 2.45) is 12.9 Å². The molecular formula is C10H13N3. The first-order valence-corrected chi connectivity index (χ1v) is 4.29. The molecule has 68 valence electrons. The summed E-state index contributed by atoms with van der Waals surface area (Å²) in [6, 6.07) is 10.4. The number of nitrogens with two attached hydrogens (primary N) is 1. The number of nitrogens with zero attached hydrogens (tertiary/aromatic N) is 1. The summed E-state index contributed by atoms with van der Waals surface area (Å²) in [6.45, 7) is 0.700. The van der Waals surface area contributed by atoms with Crippen LogP contribution in [0.5, 0.6) is 0 Å². The first-order valence-electron chi connectivity index (χ1n) is 4.29. The zero-order valence-corrected chi connectivity index (χ0v) is 7.62. The van der Waals surface area contributed by atoms with E-state index in [0.717, 1.165) is 0 Å². The Morgan fingerprint density at radius 3 is 2.85 bits per heavy atom. The van der Waals surface area contributed by atoms with Crippen LogP contribution in [0.3, 0.4) is 0 Å². The molecule has 0 radical (unpaired) electrons. The van der Waals surface area contributed by atoms with Crippen molar-refractivity contribution in [3.63, 3.8) is 0 Å². The minimum Gasteiger partial charge on any atom is -0.346 e. The van der Waals surface area contributed by atoms with E-state index in [0.29, 0.717) is 6.54 Å². The molecule has 3 N–H and O–H groups in total. The summed E-state index contributed by atoms with van der Waals surface area (Å²) in [7, 11) is 2.05. The number of fused-ring (bicyclic) bond motifs is 1. The minimum atomic E-state index is 0.700. The van der Waals surface area contributed by atoms with Crippen molar-refractivity contribution in [2.75, 3.05) is 0 Å². The average Bonchev–Trinajstić information content (AvgIpc) is 2.46. The Hall–Kier alpha value is -1.32. The first kappa shape index (κ1) is 8.29. The van der Waals surface area contributed by atoms with Crippen LogP contribution in [0.1, 0.15) is 5.69 Å². The number of hydrogen-bond donors (Lipinski definition) is 2.